The molecule has 0 aliphatic heterocycles. The predicted molar refractivity (Wildman–Crippen MR) is 101 cm³/mol. The molecule has 1 amide bonds. The summed E-state index contributed by atoms with van der Waals surface area (Å²) in [5.74, 6) is -0.326. The lowest BCUT2D eigenvalue weighted by atomic mass is 10.2. The minimum absolute atomic E-state index is 0.0515. The van der Waals surface area contributed by atoms with Gasteiger partial charge in [-0.2, -0.15) is 0 Å². The highest BCUT2D eigenvalue weighted by Gasteiger charge is 2.11. The number of non-ortho nitro benzene ring substituents is 1. The maximum Gasteiger partial charge on any atom is 0.331 e. The van der Waals surface area contributed by atoms with E-state index in [1.165, 1.54) is 44.6 Å². The highest BCUT2D eigenvalue weighted by molar-refractivity contribution is 5.95. The number of hydrogen-bond donors (Lipinski definition) is 1. The number of anilines is 1. The number of nitrogens with one attached hydrogen (secondary N) is 1. The number of nitro groups is 1. The maximum absolute atomic E-state index is 12.0. The number of benzene rings is 2. The molecule has 0 saturated heterocycles. The van der Waals surface area contributed by atoms with Crippen LogP contribution >= 0.6 is 0 Å². The maximum atomic E-state index is 12.0. The molecule has 2 aromatic carbocycles. The average molecular weight is 386 g/mol. The topological polar surface area (TPSA) is 117 Å². The number of methoxy groups -OCH3 is 2. The van der Waals surface area contributed by atoms with Gasteiger partial charge in [0.05, 0.1) is 24.8 Å². The fourth-order valence-corrected chi connectivity index (χ4v) is 2.15. The quantitative estimate of drug-likeness (QED) is 0.321. The summed E-state index contributed by atoms with van der Waals surface area (Å²) in [7, 11) is 2.95. The van der Waals surface area contributed by atoms with Crippen LogP contribution in [0.3, 0.4) is 0 Å². The van der Waals surface area contributed by atoms with Gasteiger partial charge < -0.3 is 19.5 Å². The van der Waals surface area contributed by atoms with Gasteiger partial charge in [0.1, 0.15) is 11.5 Å². The first kappa shape index (κ1) is 20.4. The molecule has 9 nitrogen and oxygen atoms in total. The van der Waals surface area contributed by atoms with Gasteiger partial charge in [0, 0.05) is 24.3 Å². The second-order valence-electron chi connectivity index (χ2n) is 5.40. The zero-order valence-electron chi connectivity index (χ0n) is 15.2. The lowest BCUT2D eigenvalue weighted by Gasteiger charge is -2.11. The SMILES string of the molecule is COc1ccc(OC)c(NC(=O)COC(=O)/C=C/c2ccc([N+](=O)[O-])cc2)c1. The van der Waals surface area contributed by atoms with E-state index in [0.717, 1.165) is 6.08 Å². The molecule has 9 heteroatoms. The lowest BCUT2D eigenvalue weighted by molar-refractivity contribution is -0.384. The fraction of sp³-hybridized carbons (Fsp3) is 0.158. The Morgan fingerprint density at radius 1 is 1.11 bits per heavy atom. The van der Waals surface area contributed by atoms with E-state index in [-0.39, 0.29) is 5.69 Å². The van der Waals surface area contributed by atoms with Gasteiger partial charge >= 0.3 is 5.97 Å². The molecule has 0 saturated carbocycles. The molecule has 0 radical (unpaired) electrons. The Bertz CT molecular complexity index is 892. The third-order valence-corrected chi connectivity index (χ3v) is 3.54. The van der Waals surface area contributed by atoms with Crippen molar-refractivity contribution in [2.45, 2.75) is 0 Å². The van der Waals surface area contributed by atoms with Gasteiger partial charge in [0.2, 0.25) is 0 Å². The van der Waals surface area contributed by atoms with Gasteiger partial charge in [-0.05, 0) is 35.9 Å². The lowest BCUT2D eigenvalue weighted by Crippen LogP contribution is -2.20. The van der Waals surface area contributed by atoms with Crippen LogP contribution < -0.4 is 14.8 Å². The van der Waals surface area contributed by atoms with E-state index >= 15 is 0 Å². The van der Waals surface area contributed by atoms with Crippen LogP contribution in [0.1, 0.15) is 5.56 Å². The molecular formula is C19H18N2O7. The summed E-state index contributed by atoms with van der Waals surface area (Å²) < 4.78 is 15.1. The van der Waals surface area contributed by atoms with Crippen LogP contribution in [-0.4, -0.2) is 37.6 Å². The Labute approximate surface area is 160 Å². The summed E-state index contributed by atoms with van der Waals surface area (Å²) >= 11 is 0. The number of nitrogens with zero attached hydrogens (tertiary/aromatic N) is 1. The third-order valence-electron chi connectivity index (χ3n) is 3.54. The van der Waals surface area contributed by atoms with Crippen LogP contribution in [0.5, 0.6) is 11.5 Å². The van der Waals surface area contributed by atoms with Gasteiger partial charge in [-0.15, -0.1) is 0 Å². The number of rotatable bonds is 8. The number of carbonyl (C=O) groups excluding carboxylic acids is 2. The van der Waals surface area contributed by atoms with Crippen LogP contribution in [-0.2, 0) is 14.3 Å². The molecular weight excluding hydrogens is 368 g/mol. The molecule has 2 aromatic rings. The van der Waals surface area contributed by atoms with Crippen LogP contribution in [0.4, 0.5) is 11.4 Å². The van der Waals surface area contributed by atoms with E-state index in [9.17, 15) is 19.7 Å². The standard InChI is InChI=1S/C19H18N2O7/c1-26-15-8-9-17(27-2)16(11-15)20-18(22)12-28-19(23)10-5-13-3-6-14(7-4-13)21(24)25/h3-11H,12H2,1-2H3,(H,20,22)/b10-5+. The second kappa shape index (κ2) is 9.72. The number of nitro benzene ring substituents is 1. The summed E-state index contributed by atoms with van der Waals surface area (Å²) in [6.07, 6.45) is 2.55. The van der Waals surface area contributed by atoms with Crippen molar-refractivity contribution >= 4 is 29.3 Å². The van der Waals surface area contributed by atoms with Gasteiger partial charge in [0.25, 0.3) is 11.6 Å². The van der Waals surface area contributed by atoms with Crippen LogP contribution in [0.25, 0.3) is 6.08 Å². The van der Waals surface area contributed by atoms with E-state index < -0.39 is 23.4 Å². The largest absolute Gasteiger partial charge is 0.497 e. The zero-order chi connectivity index (χ0) is 20.5. The number of hydrogen-bond acceptors (Lipinski definition) is 7. The molecule has 0 spiro atoms. The first-order chi connectivity index (χ1) is 13.4. The number of ether oxygens (including phenoxy) is 3. The van der Waals surface area contributed by atoms with Crippen molar-refractivity contribution in [1.29, 1.82) is 0 Å². The summed E-state index contributed by atoms with van der Waals surface area (Å²) in [5, 5.41) is 13.2. The summed E-state index contributed by atoms with van der Waals surface area (Å²) in [5.41, 5.74) is 0.904. The van der Waals surface area contributed by atoms with Crippen molar-refractivity contribution in [3.8, 4) is 11.5 Å². The van der Waals surface area contributed by atoms with Crippen molar-refractivity contribution in [3.05, 3.63) is 64.2 Å². The molecule has 0 heterocycles. The normalized spacial score (nSPS) is 10.4. The molecule has 146 valence electrons. The van der Waals surface area contributed by atoms with Crippen molar-refractivity contribution in [3.63, 3.8) is 0 Å². The molecule has 28 heavy (non-hydrogen) atoms. The van der Waals surface area contributed by atoms with Gasteiger partial charge in [-0.25, -0.2) is 4.79 Å². The number of esters is 1. The van der Waals surface area contributed by atoms with Crippen LogP contribution in [0.2, 0.25) is 0 Å². The Kier molecular flexibility index (Phi) is 7.09. The first-order valence-electron chi connectivity index (χ1n) is 8.04. The highest BCUT2D eigenvalue weighted by Crippen LogP contribution is 2.28. The molecule has 0 aliphatic carbocycles. The summed E-state index contributed by atoms with van der Waals surface area (Å²) in [6, 6.07) is 10.5. The minimum atomic E-state index is -0.730. The predicted octanol–water partition coefficient (Wildman–Crippen LogP) is 2.81. The summed E-state index contributed by atoms with van der Waals surface area (Å²) in [4.78, 5) is 33.8. The van der Waals surface area contributed by atoms with E-state index in [1.807, 2.05) is 0 Å². The van der Waals surface area contributed by atoms with Crippen molar-refractivity contribution in [2.24, 2.45) is 0 Å². The molecule has 0 unspecified atom stereocenters. The van der Waals surface area contributed by atoms with Crippen molar-refractivity contribution < 1.29 is 28.7 Å². The molecule has 0 atom stereocenters. The molecule has 0 aliphatic rings. The van der Waals surface area contributed by atoms with Crippen LogP contribution in [0, 0.1) is 10.1 Å². The van der Waals surface area contributed by atoms with Crippen molar-refractivity contribution in [1.82, 2.24) is 0 Å². The molecule has 0 aromatic heterocycles. The van der Waals surface area contributed by atoms with Crippen molar-refractivity contribution in [2.75, 3.05) is 26.1 Å². The molecule has 0 bridgehead atoms. The molecule has 1 N–H and O–H groups in total. The van der Waals surface area contributed by atoms with E-state index in [4.69, 9.17) is 14.2 Å². The highest BCUT2D eigenvalue weighted by atomic mass is 16.6. The Hall–Kier alpha value is -3.88. The van der Waals surface area contributed by atoms with E-state index in [2.05, 4.69) is 5.32 Å². The monoisotopic (exact) mass is 386 g/mol. The first-order valence-corrected chi connectivity index (χ1v) is 8.04. The smallest absolute Gasteiger partial charge is 0.331 e. The fourth-order valence-electron chi connectivity index (χ4n) is 2.15. The Morgan fingerprint density at radius 2 is 1.82 bits per heavy atom. The van der Waals surface area contributed by atoms with E-state index in [1.54, 1.807) is 18.2 Å². The zero-order valence-corrected chi connectivity index (χ0v) is 15.2. The summed E-state index contributed by atoms with van der Waals surface area (Å²) in [6.45, 7) is -0.496. The Balaban J connectivity index is 1.88. The minimum Gasteiger partial charge on any atom is -0.497 e. The van der Waals surface area contributed by atoms with E-state index in [0.29, 0.717) is 22.7 Å². The number of amides is 1. The third kappa shape index (κ3) is 5.84. The second-order valence-corrected chi connectivity index (χ2v) is 5.40. The van der Waals surface area contributed by atoms with Gasteiger partial charge in [-0.3, -0.25) is 14.9 Å². The number of carbonyl (C=O) groups is 2. The van der Waals surface area contributed by atoms with Crippen LogP contribution in [0.15, 0.2) is 48.5 Å². The van der Waals surface area contributed by atoms with Gasteiger partial charge in [-0.1, -0.05) is 0 Å². The average Bonchev–Trinajstić information content (AvgIpc) is 2.70. The molecule has 0 fully saturated rings. The molecule has 2 rings (SSSR count). The Morgan fingerprint density at radius 3 is 2.43 bits per heavy atom. The van der Waals surface area contributed by atoms with Gasteiger partial charge in [0.15, 0.2) is 6.61 Å².